The van der Waals surface area contributed by atoms with Crippen LogP contribution in [-0.2, 0) is 19.1 Å². The number of hydrogen-bond donors (Lipinski definition) is 2. The molecule has 1 aliphatic rings. The Bertz CT molecular complexity index is 983. The second-order valence-electron chi connectivity index (χ2n) is 15.0. The smallest absolute Gasteiger partial charge is 0.306 e. The number of hydrogen-bond acceptors (Lipinski definition) is 6. The molecule has 0 aromatic heterocycles. The van der Waals surface area contributed by atoms with Crippen LogP contribution in [0.25, 0.3) is 0 Å². The maximum Gasteiger partial charge on any atom is 0.306 e. The highest BCUT2D eigenvalue weighted by atomic mass is 16.5. The van der Waals surface area contributed by atoms with E-state index in [4.69, 9.17) is 9.47 Å². The van der Waals surface area contributed by atoms with Crippen molar-refractivity contribution >= 4 is 11.9 Å². The summed E-state index contributed by atoms with van der Waals surface area (Å²) in [5, 5.41) is 21.2. The molecule has 1 aliphatic carbocycles. The van der Waals surface area contributed by atoms with E-state index in [1.807, 2.05) is 12.2 Å². The molecule has 0 aliphatic heterocycles. The van der Waals surface area contributed by atoms with E-state index in [0.717, 1.165) is 30.4 Å². The lowest BCUT2D eigenvalue weighted by molar-refractivity contribution is -0.143. The topological polar surface area (TPSA) is 93.1 Å². The molecule has 0 spiro atoms. The quantitative estimate of drug-likeness (QED) is 0.0434. The van der Waals surface area contributed by atoms with Gasteiger partial charge in [0.2, 0.25) is 0 Å². The first-order valence-corrected chi connectivity index (χ1v) is 19.3. The summed E-state index contributed by atoms with van der Waals surface area (Å²) in [7, 11) is 0. The molecule has 6 heteroatoms. The van der Waals surface area contributed by atoms with Gasteiger partial charge in [-0.05, 0) is 57.9 Å². The van der Waals surface area contributed by atoms with E-state index < -0.39 is 11.2 Å². The largest absolute Gasteiger partial charge is 0.465 e. The number of allylic oxidation sites excluding steroid dienone is 3. The van der Waals surface area contributed by atoms with E-state index in [0.29, 0.717) is 25.7 Å². The predicted molar refractivity (Wildman–Crippen MR) is 200 cm³/mol. The minimum absolute atomic E-state index is 0.0953. The summed E-state index contributed by atoms with van der Waals surface area (Å²) < 4.78 is 11.3. The van der Waals surface area contributed by atoms with Crippen LogP contribution >= 0.6 is 0 Å². The predicted octanol–water partition coefficient (Wildman–Crippen LogP) is 10.7. The molecule has 48 heavy (non-hydrogen) atoms. The summed E-state index contributed by atoms with van der Waals surface area (Å²) in [6.45, 7) is 13.4. The van der Waals surface area contributed by atoms with Crippen molar-refractivity contribution in [2.75, 3.05) is 13.2 Å². The molecule has 276 valence electrons. The number of aliphatic hydroxyl groups is 2. The van der Waals surface area contributed by atoms with Gasteiger partial charge in [-0.15, -0.1) is 0 Å². The Morgan fingerprint density at radius 2 is 1.44 bits per heavy atom. The van der Waals surface area contributed by atoms with Gasteiger partial charge in [-0.25, -0.2) is 0 Å². The fourth-order valence-corrected chi connectivity index (χ4v) is 6.43. The molecule has 0 amide bonds. The molecule has 6 nitrogen and oxygen atoms in total. The summed E-state index contributed by atoms with van der Waals surface area (Å²) in [4.78, 5) is 24.6. The first kappa shape index (κ1) is 43.8. The van der Waals surface area contributed by atoms with Crippen molar-refractivity contribution in [1.29, 1.82) is 0 Å². The average molecular weight is 673 g/mol. The van der Waals surface area contributed by atoms with Crippen LogP contribution in [0.1, 0.15) is 169 Å². The molecule has 0 fully saturated rings. The van der Waals surface area contributed by atoms with Gasteiger partial charge in [0.05, 0.1) is 17.8 Å². The number of carbonyl (C=O) groups is 2. The fourth-order valence-electron chi connectivity index (χ4n) is 6.43. The minimum Gasteiger partial charge on any atom is -0.465 e. The zero-order valence-corrected chi connectivity index (χ0v) is 31.5. The first-order chi connectivity index (χ1) is 22.8. The lowest BCUT2D eigenvalue weighted by Crippen LogP contribution is -2.29. The van der Waals surface area contributed by atoms with Crippen molar-refractivity contribution < 1.29 is 29.3 Å². The van der Waals surface area contributed by atoms with Crippen LogP contribution in [0.3, 0.4) is 0 Å². The van der Waals surface area contributed by atoms with Crippen molar-refractivity contribution in [1.82, 2.24) is 0 Å². The van der Waals surface area contributed by atoms with Crippen LogP contribution in [0.5, 0.6) is 0 Å². The molecule has 0 saturated carbocycles. The second-order valence-corrected chi connectivity index (χ2v) is 15.0. The molecule has 0 aromatic carbocycles. The molecule has 0 heterocycles. The van der Waals surface area contributed by atoms with E-state index in [9.17, 15) is 19.8 Å². The third-order valence-corrected chi connectivity index (χ3v) is 9.47. The van der Waals surface area contributed by atoms with Crippen molar-refractivity contribution in [3.8, 4) is 0 Å². The summed E-state index contributed by atoms with van der Waals surface area (Å²) >= 11 is 0. The van der Waals surface area contributed by atoms with Crippen molar-refractivity contribution in [2.24, 2.45) is 11.8 Å². The zero-order valence-electron chi connectivity index (χ0n) is 31.5. The van der Waals surface area contributed by atoms with Gasteiger partial charge >= 0.3 is 11.9 Å². The summed E-state index contributed by atoms with van der Waals surface area (Å²) in [6.07, 6.45) is 33.1. The highest BCUT2D eigenvalue weighted by Crippen LogP contribution is 2.36. The minimum atomic E-state index is -1.00. The highest BCUT2D eigenvalue weighted by Gasteiger charge is 2.32. The lowest BCUT2D eigenvalue weighted by atomic mass is 9.77. The van der Waals surface area contributed by atoms with Crippen LogP contribution in [0.4, 0.5) is 0 Å². The molecule has 0 radical (unpaired) electrons. The van der Waals surface area contributed by atoms with E-state index in [1.54, 1.807) is 39.0 Å². The van der Waals surface area contributed by atoms with E-state index >= 15 is 0 Å². The number of rotatable bonds is 25. The lowest BCUT2D eigenvalue weighted by Gasteiger charge is -2.31. The van der Waals surface area contributed by atoms with Gasteiger partial charge in [-0.2, -0.15) is 0 Å². The summed E-state index contributed by atoms with van der Waals surface area (Å²) in [5.41, 5.74) is -0.255. The maximum atomic E-state index is 12.8. The molecular formula is C42H72O6. The van der Waals surface area contributed by atoms with Crippen LogP contribution in [0.15, 0.2) is 48.1 Å². The number of carbonyl (C=O) groups excluding carboxylic acids is 2. The summed E-state index contributed by atoms with van der Waals surface area (Å²) in [5.74, 6) is -0.974. The van der Waals surface area contributed by atoms with Crippen LogP contribution in [0, 0.1) is 11.8 Å². The number of esters is 2. The third kappa shape index (κ3) is 23.2. The van der Waals surface area contributed by atoms with E-state index in [-0.39, 0.29) is 37.0 Å². The van der Waals surface area contributed by atoms with Gasteiger partial charge in [0.15, 0.2) is 0 Å². The highest BCUT2D eigenvalue weighted by molar-refractivity contribution is 5.69. The van der Waals surface area contributed by atoms with Crippen molar-refractivity contribution in [2.45, 2.75) is 181 Å². The molecule has 1 rings (SSSR count). The average Bonchev–Trinajstić information content (AvgIpc) is 3.06. The Balaban J connectivity index is 2.54. The van der Waals surface area contributed by atoms with Crippen LogP contribution in [-0.4, -0.2) is 46.6 Å². The monoisotopic (exact) mass is 673 g/mol. The fraction of sp³-hybridized carbons (Fsp3) is 0.762. The maximum absolute atomic E-state index is 12.8. The second kappa shape index (κ2) is 25.7. The van der Waals surface area contributed by atoms with Gasteiger partial charge in [-0.3, -0.25) is 9.59 Å². The molecular weight excluding hydrogens is 600 g/mol. The Labute approximate surface area is 294 Å². The first-order valence-electron chi connectivity index (χ1n) is 19.3. The zero-order chi connectivity index (χ0) is 35.7. The van der Waals surface area contributed by atoms with E-state index in [2.05, 4.69) is 13.5 Å². The standard InChI is InChI=1S/C42H72O6/c1-7-8-9-10-11-12-13-14-15-16-17-18-19-20-21-22-23-28-40(44)48-33-37(27-25-30-41(4,5)45)38-29-32-42(6,46)31-24-26-35(2)39(38)34-47-36(3)43/h24-25,27,30-31,38-39,45-46H,2,7-23,26,28-29,32-34H2,1,3-6H3/b30-25+,31-24-,37-27-/t38-,39+,42-/m1/s1. The Hall–Kier alpha value is -2.18. The molecule has 0 unspecified atom stereocenters. The van der Waals surface area contributed by atoms with Gasteiger partial charge in [-0.1, -0.05) is 152 Å². The Morgan fingerprint density at radius 1 is 0.917 bits per heavy atom. The molecule has 0 saturated heterocycles. The van der Waals surface area contributed by atoms with E-state index in [1.165, 1.54) is 96.8 Å². The third-order valence-electron chi connectivity index (χ3n) is 9.47. The van der Waals surface area contributed by atoms with Crippen LogP contribution < -0.4 is 0 Å². The van der Waals surface area contributed by atoms with Gasteiger partial charge < -0.3 is 19.7 Å². The number of ether oxygens (including phenoxy) is 2. The van der Waals surface area contributed by atoms with Crippen LogP contribution in [0.2, 0.25) is 0 Å². The Kier molecular flexibility index (Phi) is 23.5. The number of unbranched alkanes of at least 4 members (excludes halogenated alkanes) is 16. The van der Waals surface area contributed by atoms with Gasteiger partial charge in [0.25, 0.3) is 0 Å². The molecule has 0 bridgehead atoms. The Morgan fingerprint density at radius 3 is 1.94 bits per heavy atom. The van der Waals surface area contributed by atoms with Gasteiger partial charge in [0.1, 0.15) is 6.61 Å². The molecule has 2 N–H and O–H groups in total. The van der Waals surface area contributed by atoms with Gasteiger partial charge in [0, 0.05) is 19.3 Å². The normalized spacial score (nSPS) is 21.5. The van der Waals surface area contributed by atoms with Crippen molar-refractivity contribution in [3.05, 3.63) is 48.1 Å². The summed E-state index contributed by atoms with van der Waals surface area (Å²) in [6, 6.07) is 0. The molecule has 0 aromatic rings. The van der Waals surface area contributed by atoms with Crippen molar-refractivity contribution in [3.63, 3.8) is 0 Å². The SMILES string of the molecule is C=C1C/C=C\[C@@](C)(O)CC[C@H](/C(=C\C=C\C(C)(C)O)COC(=O)CCCCCCCCCCCCCCCCCCC)[C@H]1COC(C)=O. The molecule has 3 atom stereocenters.